The van der Waals surface area contributed by atoms with E-state index in [4.69, 9.17) is 11.6 Å². The first-order valence-electron chi connectivity index (χ1n) is 5.35. The minimum Gasteiger partial charge on any atom is -0.392 e. The minimum absolute atomic E-state index is 0.237. The standard InChI is InChI=1S/C11H19ClN2O/c1-5-8-11(12)9(14(4)13-8)6-10(15)7(2)3/h7,10,15H,5-6H2,1-4H3. The van der Waals surface area contributed by atoms with Gasteiger partial charge in [-0.1, -0.05) is 32.4 Å². The minimum atomic E-state index is -0.359. The molecule has 4 heteroatoms. The van der Waals surface area contributed by atoms with E-state index in [0.29, 0.717) is 11.4 Å². The number of halogens is 1. The van der Waals surface area contributed by atoms with Crippen LogP contribution in [0.15, 0.2) is 0 Å². The number of hydrogen-bond donors (Lipinski definition) is 1. The SMILES string of the molecule is CCc1nn(C)c(CC(O)C(C)C)c1Cl. The quantitative estimate of drug-likeness (QED) is 0.861. The summed E-state index contributed by atoms with van der Waals surface area (Å²) >= 11 is 6.18. The van der Waals surface area contributed by atoms with E-state index in [1.165, 1.54) is 0 Å². The molecule has 0 aliphatic rings. The van der Waals surface area contributed by atoms with E-state index in [-0.39, 0.29) is 12.0 Å². The number of hydrogen-bond acceptors (Lipinski definition) is 2. The van der Waals surface area contributed by atoms with Crippen molar-refractivity contribution in [2.45, 2.75) is 39.7 Å². The van der Waals surface area contributed by atoms with Crippen molar-refractivity contribution < 1.29 is 5.11 Å². The van der Waals surface area contributed by atoms with E-state index < -0.39 is 0 Å². The molecule has 15 heavy (non-hydrogen) atoms. The largest absolute Gasteiger partial charge is 0.392 e. The van der Waals surface area contributed by atoms with Crippen molar-refractivity contribution >= 4 is 11.6 Å². The van der Waals surface area contributed by atoms with Gasteiger partial charge in [0.15, 0.2) is 0 Å². The number of aliphatic hydroxyl groups is 1. The van der Waals surface area contributed by atoms with Gasteiger partial charge in [-0.05, 0) is 12.3 Å². The fourth-order valence-electron chi connectivity index (χ4n) is 1.48. The lowest BCUT2D eigenvalue weighted by Crippen LogP contribution is -2.19. The van der Waals surface area contributed by atoms with Gasteiger partial charge in [-0.2, -0.15) is 5.10 Å². The summed E-state index contributed by atoms with van der Waals surface area (Å²) in [5.41, 5.74) is 1.83. The van der Waals surface area contributed by atoms with Gasteiger partial charge in [0.2, 0.25) is 0 Å². The van der Waals surface area contributed by atoms with Crippen LogP contribution in [0, 0.1) is 5.92 Å². The molecule has 0 radical (unpaired) electrons. The zero-order valence-corrected chi connectivity index (χ0v) is 10.5. The third kappa shape index (κ3) is 2.73. The van der Waals surface area contributed by atoms with Crippen LogP contribution >= 0.6 is 11.6 Å². The second-order valence-electron chi connectivity index (χ2n) is 4.20. The molecule has 0 aliphatic carbocycles. The third-order valence-electron chi connectivity index (χ3n) is 2.67. The average molecular weight is 231 g/mol. The van der Waals surface area contributed by atoms with Crippen LogP contribution in [0.1, 0.15) is 32.2 Å². The summed E-state index contributed by atoms with van der Waals surface area (Å²) < 4.78 is 1.77. The summed E-state index contributed by atoms with van der Waals surface area (Å²) in [5.74, 6) is 0.237. The molecule has 0 fully saturated rings. The number of aromatic nitrogens is 2. The molecule has 0 saturated carbocycles. The summed E-state index contributed by atoms with van der Waals surface area (Å²) in [6, 6.07) is 0. The highest BCUT2D eigenvalue weighted by molar-refractivity contribution is 6.31. The van der Waals surface area contributed by atoms with Gasteiger partial charge in [-0.25, -0.2) is 0 Å². The van der Waals surface area contributed by atoms with Crippen LogP contribution in [0.2, 0.25) is 5.02 Å². The summed E-state index contributed by atoms with van der Waals surface area (Å²) in [6.45, 7) is 6.02. The van der Waals surface area contributed by atoms with Gasteiger partial charge in [0, 0.05) is 13.5 Å². The normalized spacial score (nSPS) is 13.5. The van der Waals surface area contributed by atoms with Gasteiger partial charge in [-0.3, -0.25) is 4.68 Å². The molecule has 0 spiro atoms. The van der Waals surface area contributed by atoms with Crippen LogP contribution < -0.4 is 0 Å². The second kappa shape index (κ2) is 4.99. The van der Waals surface area contributed by atoms with Gasteiger partial charge < -0.3 is 5.11 Å². The predicted molar refractivity (Wildman–Crippen MR) is 62.1 cm³/mol. The van der Waals surface area contributed by atoms with Gasteiger partial charge in [0.25, 0.3) is 0 Å². The van der Waals surface area contributed by atoms with Crippen molar-refractivity contribution in [2.24, 2.45) is 13.0 Å². The first kappa shape index (κ1) is 12.5. The molecule has 0 amide bonds. The zero-order chi connectivity index (χ0) is 11.6. The van der Waals surface area contributed by atoms with E-state index in [2.05, 4.69) is 5.10 Å². The Morgan fingerprint density at radius 3 is 2.47 bits per heavy atom. The van der Waals surface area contributed by atoms with Gasteiger partial charge in [0.05, 0.1) is 22.5 Å². The second-order valence-corrected chi connectivity index (χ2v) is 4.58. The van der Waals surface area contributed by atoms with Crippen LogP contribution in [0.5, 0.6) is 0 Å². The third-order valence-corrected chi connectivity index (χ3v) is 3.11. The Balaban J connectivity index is 2.89. The lowest BCUT2D eigenvalue weighted by molar-refractivity contribution is 0.123. The van der Waals surface area contributed by atoms with Crippen molar-refractivity contribution in [3.8, 4) is 0 Å². The van der Waals surface area contributed by atoms with E-state index in [9.17, 15) is 5.11 Å². The highest BCUT2D eigenvalue weighted by atomic mass is 35.5. The van der Waals surface area contributed by atoms with E-state index in [1.54, 1.807) is 4.68 Å². The first-order valence-corrected chi connectivity index (χ1v) is 5.73. The Kier molecular flexibility index (Phi) is 4.17. The summed E-state index contributed by atoms with van der Waals surface area (Å²) in [6.07, 6.45) is 1.03. The maximum atomic E-state index is 9.81. The van der Waals surface area contributed by atoms with Crippen molar-refractivity contribution in [1.82, 2.24) is 9.78 Å². The zero-order valence-electron chi connectivity index (χ0n) is 9.79. The fraction of sp³-hybridized carbons (Fsp3) is 0.727. The van der Waals surface area contributed by atoms with Gasteiger partial charge in [-0.15, -0.1) is 0 Å². The Morgan fingerprint density at radius 1 is 1.47 bits per heavy atom. The number of nitrogens with zero attached hydrogens (tertiary/aromatic N) is 2. The van der Waals surface area contributed by atoms with Crippen LogP contribution in [0.3, 0.4) is 0 Å². The monoisotopic (exact) mass is 230 g/mol. The summed E-state index contributed by atoms with van der Waals surface area (Å²) in [7, 11) is 1.87. The van der Waals surface area contributed by atoms with Crippen molar-refractivity contribution in [3.05, 3.63) is 16.4 Å². The molecule has 1 heterocycles. The van der Waals surface area contributed by atoms with Crippen molar-refractivity contribution in [1.29, 1.82) is 0 Å². The molecular weight excluding hydrogens is 212 g/mol. The molecule has 1 unspecified atom stereocenters. The summed E-state index contributed by atoms with van der Waals surface area (Å²) in [4.78, 5) is 0. The topological polar surface area (TPSA) is 38.0 Å². The van der Waals surface area contributed by atoms with Gasteiger partial charge in [0.1, 0.15) is 0 Å². The maximum absolute atomic E-state index is 9.81. The van der Waals surface area contributed by atoms with E-state index in [1.807, 2.05) is 27.8 Å². The molecule has 1 N–H and O–H groups in total. The molecule has 1 aromatic rings. The summed E-state index contributed by atoms with van der Waals surface area (Å²) in [5, 5.41) is 14.8. The molecule has 0 bridgehead atoms. The molecule has 1 rings (SSSR count). The Hall–Kier alpha value is -0.540. The average Bonchev–Trinajstić information content (AvgIpc) is 2.44. The molecule has 0 saturated heterocycles. The fourth-order valence-corrected chi connectivity index (χ4v) is 1.85. The molecule has 0 aromatic carbocycles. The highest BCUT2D eigenvalue weighted by Gasteiger charge is 2.18. The predicted octanol–water partition coefficient (Wildman–Crippen LogP) is 2.20. The lowest BCUT2D eigenvalue weighted by atomic mass is 10.0. The molecular formula is C11H19ClN2O. The number of rotatable bonds is 4. The Labute approximate surface area is 96.1 Å². The van der Waals surface area contributed by atoms with Crippen LogP contribution in [0.25, 0.3) is 0 Å². The Morgan fingerprint density at radius 2 is 2.07 bits per heavy atom. The van der Waals surface area contributed by atoms with Crippen LogP contribution in [-0.2, 0) is 19.9 Å². The van der Waals surface area contributed by atoms with Crippen LogP contribution in [-0.4, -0.2) is 21.0 Å². The molecule has 1 atom stereocenters. The molecule has 3 nitrogen and oxygen atoms in total. The van der Waals surface area contributed by atoms with Gasteiger partial charge >= 0.3 is 0 Å². The van der Waals surface area contributed by atoms with Crippen LogP contribution in [0.4, 0.5) is 0 Å². The number of aliphatic hydroxyl groups excluding tert-OH is 1. The first-order chi connectivity index (χ1) is 6.97. The Bertz CT molecular complexity index is 334. The highest BCUT2D eigenvalue weighted by Crippen LogP contribution is 2.23. The molecule has 1 aromatic heterocycles. The smallest absolute Gasteiger partial charge is 0.0850 e. The number of aryl methyl sites for hydroxylation is 2. The van der Waals surface area contributed by atoms with Crippen molar-refractivity contribution in [2.75, 3.05) is 0 Å². The molecule has 86 valence electrons. The van der Waals surface area contributed by atoms with Crippen molar-refractivity contribution in [3.63, 3.8) is 0 Å². The van der Waals surface area contributed by atoms with E-state index in [0.717, 1.165) is 17.8 Å². The maximum Gasteiger partial charge on any atom is 0.0850 e. The molecule has 0 aliphatic heterocycles. The lowest BCUT2D eigenvalue weighted by Gasteiger charge is -2.14. The van der Waals surface area contributed by atoms with E-state index >= 15 is 0 Å².